The first-order valence-corrected chi connectivity index (χ1v) is 20.5. The number of nitrogens with zero attached hydrogens (tertiary/aromatic N) is 2. The second-order valence-electron chi connectivity index (χ2n) is 15.4. The highest BCUT2D eigenvalue weighted by molar-refractivity contribution is 7.93. The van der Waals surface area contributed by atoms with Crippen molar-refractivity contribution in [2.45, 2.75) is 107 Å². The molecule has 13 heteroatoms. The predicted octanol–water partition coefficient (Wildman–Crippen LogP) is 2.61. The number of benzene rings is 1. The van der Waals surface area contributed by atoms with Crippen molar-refractivity contribution < 1.29 is 37.8 Å². The SMILES string of the molecule is CC(C)(C(=O)N1CCOCC1)S(=O)(=O)C[C@@H](Cc1ccccc1)C(=O)N[C@H](Cc1cccnc1)C(=O)N[C@@H](CC1CCCCC1)[C@@H](O)[C@@H](O)C1CC1. The number of carbonyl (C=O) groups is 3. The number of rotatable bonds is 17. The van der Waals surface area contributed by atoms with Gasteiger partial charge in [-0.25, -0.2) is 8.42 Å². The third-order valence-electron chi connectivity index (χ3n) is 11.0. The van der Waals surface area contributed by atoms with Crippen LogP contribution in [-0.2, 0) is 41.8 Å². The summed E-state index contributed by atoms with van der Waals surface area (Å²) in [5.74, 6) is -3.19. The molecular weight excluding hydrogens is 685 g/mol. The summed E-state index contributed by atoms with van der Waals surface area (Å²) in [6.45, 7) is 3.96. The Morgan fingerprint density at radius 2 is 1.58 bits per heavy atom. The highest BCUT2D eigenvalue weighted by Crippen LogP contribution is 2.36. The molecule has 5 rings (SSSR count). The van der Waals surface area contributed by atoms with Crippen LogP contribution in [0.25, 0.3) is 0 Å². The second-order valence-corrected chi connectivity index (χ2v) is 18.0. The standard InChI is InChI=1S/C39H56N4O8S/c1-39(2,38(48)43-18-20-51-21-19-43)52(49,50)26-31(22-27-10-5-3-6-11-27)36(46)42-33(24-29-14-9-17-40-25-29)37(47)41-32(23-28-12-7-4-8-13-28)35(45)34(44)30-15-16-30/h3,5-6,9-11,14,17,25,28,30-35,44-45H,4,7-8,12-13,15-16,18-24,26H2,1-2H3,(H,41,47)(H,42,46)/t31-,32+,33-,34+,35-/m1/s1. The van der Waals surface area contributed by atoms with E-state index in [1.807, 2.05) is 6.07 Å². The van der Waals surface area contributed by atoms with Crippen LogP contribution >= 0.6 is 0 Å². The Bertz CT molecular complexity index is 1580. The first kappa shape index (κ1) is 39.8. The fraction of sp³-hybridized carbons (Fsp3) is 0.641. The molecule has 4 N–H and O–H groups in total. The van der Waals surface area contributed by atoms with Gasteiger partial charge in [0, 0.05) is 31.9 Å². The predicted molar refractivity (Wildman–Crippen MR) is 197 cm³/mol. The number of aliphatic hydroxyl groups is 2. The van der Waals surface area contributed by atoms with Crippen molar-refractivity contribution in [1.29, 1.82) is 0 Å². The average Bonchev–Trinajstić information content (AvgIpc) is 4.00. The zero-order chi connectivity index (χ0) is 37.3. The molecule has 1 aliphatic heterocycles. The molecule has 1 saturated heterocycles. The zero-order valence-electron chi connectivity index (χ0n) is 30.5. The molecular formula is C39H56N4O8S. The van der Waals surface area contributed by atoms with Gasteiger partial charge in [0.25, 0.3) is 0 Å². The molecule has 0 bridgehead atoms. The molecule has 3 aliphatic rings. The van der Waals surface area contributed by atoms with Crippen molar-refractivity contribution in [1.82, 2.24) is 20.5 Å². The Hall–Kier alpha value is -3.39. The number of nitrogens with one attached hydrogen (secondary N) is 2. The van der Waals surface area contributed by atoms with Crippen LogP contribution in [0.3, 0.4) is 0 Å². The number of hydrogen-bond donors (Lipinski definition) is 4. The molecule has 12 nitrogen and oxygen atoms in total. The lowest BCUT2D eigenvalue weighted by molar-refractivity contribution is -0.137. The van der Waals surface area contributed by atoms with Crippen molar-refractivity contribution in [3.8, 4) is 0 Å². The van der Waals surface area contributed by atoms with Crippen LogP contribution in [0.5, 0.6) is 0 Å². The van der Waals surface area contributed by atoms with Gasteiger partial charge >= 0.3 is 0 Å². The molecule has 0 unspecified atom stereocenters. The molecule has 3 amide bonds. The number of hydrogen-bond acceptors (Lipinski definition) is 9. The lowest BCUT2D eigenvalue weighted by Gasteiger charge is -2.35. The summed E-state index contributed by atoms with van der Waals surface area (Å²) in [6.07, 6.45) is 8.61. The molecule has 1 aromatic heterocycles. The summed E-state index contributed by atoms with van der Waals surface area (Å²) in [5, 5.41) is 28.1. The van der Waals surface area contributed by atoms with E-state index in [0.717, 1.165) is 50.5 Å². The Morgan fingerprint density at radius 3 is 2.21 bits per heavy atom. The molecule has 2 aromatic rings. The third kappa shape index (κ3) is 10.6. The molecule has 5 atom stereocenters. The van der Waals surface area contributed by atoms with Crippen LogP contribution in [0.1, 0.15) is 76.3 Å². The maximum absolute atomic E-state index is 14.3. The van der Waals surface area contributed by atoms with Crippen molar-refractivity contribution in [2.24, 2.45) is 17.8 Å². The number of ether oxygens (including phenoxy) is 1. The minimum Gasteiger partial charge on any atom is -0.390 e. The van der Waals surface area contributed by atoms with E-state index >= 15 is 0 Å². The van der Waals surface area contributed by atoms with Crippen molar-refractivity contribution in [3.63, 3.8) is 0 Å². The average molecular weight is 741 g/mol. The summed E-state index contributed by atoms with van der Waals surface area (Å²) in [4.78, 5) is 47.7. The summed E-state index contributed by atoms with van der Waals surface area (Å²) >= 11 is 0. The Kier molecular flexibility index (Phi) is 13.9. The Balaban J connectivity index is 1.39. The number of aromatic nitrogens is 1. The molecule has 2 aliphatic carbocycles. The second kappa shape index (κ2) is 18.1. The van der Waals surface area contributed by atoms with Gasteiger partial charge in [-0.2, -0.15) is 0 Å². The topological polar surface area (TPSA) is 175 Å². The number of morpholine rings is 1. The minimum absolute atomic E-state index is 0.00766. The van der Waals surface area contributed by atoms with E-state index < -0.39 is 68.3 Å². The van der Waals surface area contributed by atoms with Crippen molar-refractivity contribution >= 4 is 27.6 Å². The van der Waals surface area contributed by atoms with Crippen LogP contribution in [0.15, 0.2) is 54.9 Å². The molecule has 3 fully saturated rings. The van der Waals surface area contributed by atoms with Gasteiger partial charge < -0.3 is 30.5 Å². The van der Waals surface area contributed by atoms with Gasteiger partial charge in [-0.15, -0.1) is 0 Å². The molecule has 1 aromatic carbocycles. The van der Waals surface area contributed by atoms with Gasteiger partial charge in [0.15, 0.2) is 9.84 Å². The smallest absolute Gasteiger partial charge is 0.243 e. The van der Waals surface area contributed by atoms with E-state index in [9.17, 15) is 33.0 Å². The lowest BCUT2D eigenvalue weighted by Crippen LogP contribution is -2.57. The van der Waals surface area contributed by atoms with Crippen LogP contribution in [-0.4, -0.2) is 107 Å². The molecule has 0 radical (unpaired) electrons. The number of pyridine rings is 1. The van der Waals surface area contributed by atoms with Gasteiger partial charge in [-0.1, -0.05) is 68.5 Å². The van der Waals surface area contributed by atoms with Crippen LogP contribution in [0.2, 0.25) is 0 Å². The number of aliphatic hydroxyl groups excluding tert-OH is 2. The van der Waals surface area contributed by atoms with E-state index in [1.54, 1.807) is 48.8 Å². The summed E-state index contributed by atoms with van der Waals surface area (Å²) in [7, 11) is -4.21. The summed E-state index contributed by atoms with van der Waals surface area (Å²) in [6, 6.07) is 10.7. The van der Waals surface area contributed by atoms with Gasteiger partial charge in [0.2, 0.25) is 17.7 Å². The molecule has 2 saturated carbocycles. The lowest BCUT2D eigenvalue weighted by atomic mass is 9.82. The first-order chi connectivity index (χ1) is 24.9. The van der Waals surface area contributed by atoms with E-state index in [-0.39, 0.29) is 37.8 Å². The van der Waals surface area contributed by atoms with E-state index in [4.69, 9.17) is 4.74 Å². The molecule has 286 valence electrons. The van der Waals surface area contributed by atoms with Crippen LogP contribution < -0.4 is 10.6 Å². The molecule has 0 spiro atoms. The highest BCUT2D eigenvalue weighted by atomic mass is 32.2. The van der Waals surface area contributed by atoms with Crippen LogP contribution in [0.4, 0.5) is 0 Å². The fourth-order valence-corrected chi connectivity index (χ4v) is 9.05. The van der Waals surface area contributed by atoms with E-state index in [0.29, 0.717) is 25.2 Å². The van der Waals surface area contributed by atoms with Crippen molar-refractivity contribution in [3.05, 3.63) is 66.0 Å². The Labute approximate surface area is 308 Å². The minimum atomic E-state index is -4.21. The largest absolute Gasteiger partial charge is 0.390 e. The maximum atomic E-state index is 14.3. The number of carbonyl (C=O) groups excluding carboxylic acids is 3. The van der Waals surface area contributed by atoms with E-state index in [2.05, 4.69) is 15.6 Å². The quantitative estimate of drug-likeness (QED) is 0.190. The molecule has 52 heavy (non-hydrogen) atoms. The Morgan fingerprint density at radius 1 is 0.904 bits per heavy atom. The first-order valence-electron chi connectivity index (χ1n) is 18.8. The number of amides is 3. The molecule has 2 heterocycles. The van der Waals surface area contributed by atoms with Crippen LogP contribution in [0, 0.1) is 17.8 Å². The van der Waals surface area contributed by atoms with Crippen molar-refractivity contribution in [2.75, 3.05) is 32.1 Å². The zero-order valence-corrected chi connectivity index (χ0v) is 31.3. The van der Waals surface area contributed by atoms with Gasteiger partial charge in [-0.05, 0) is 68.6 Å². The fourth-order valence-electron chi connectivity index (χ4n) is 7.44. The maximum Gasteiger partial charge on any atom is 0.243 e. The number of sulfone groups is 1. The van der Waals surface area contributed by atoms with Gasteiger partial charge in [0.1, 0.15) is 16.9 Å². The highest BCUT2D eigenvalue weighted by Gasteiger charge is 2.46. The van der Waals surface area contributed by atoms with E-state index in [1.165, 1.54) is 18.7 Å². The summed E-state index contributed by atoms with van der Waals surface area (Å²) in [5.41, 5.74) is 1.41. The normalized spacial score (nSPS) is 20.3. The monoisotopic (exact) mass is 740 g/mol. The van der Waals surface area contributed by atoms with Gasteiger partial charge in [-0.3, -0.25) is 19.4 Å². The van der Waals surface area contributed by atoms with Gasteiger partial charge in [0.05, 0.1) is 37.0 Å². The third-order valence-corrected chi connectivity index (χ3v) is 13.6. The summed E-state index contributed by atoms with van der Waals surface area (Å²) < 4.78 is 31.7.